The molecule has 1 N–H and O–H groups in total. The lowest BCUT2D eigenvalue weighted by Gasteiger charge is -2.34. The highest BCUT2D eigenvalue weighted by atomic mass is 16.7. The zero-order chi connectivity index (χ0) is 23.1. The number of ketones is 1. The lowest BCUT2D eigenvalue weighted by atomic mass is 9.75. The Labute approximate surface area is 198 Å². The summed E-state index contributed by atoms with van der Waals surface area (Å²) in [6, 6.07) is 19.9. The van der Waals surface area contributed by atoms with Gasteiger partial charge in [-0.2, -0.15) is 0 Å². The van der Waals surface area contributed by atoms with E-state index in [4.69, 9.17) is 18.9 Å². The smallest absolute Gasteiger partial charge is 0.231 e. The Morgan fingerprint density at radius 1 is 0.971 bits per heavy atom. The molecule has 0 radical (unpaired) electrons. The quantitative estimate of drug-likeness (QED) is 0.543. The average molecular weight is 456 g/mol. The maximum atomic E-state index is 13.1. The zero-order valence-electron chi connectivity index (χ0n) is 18.9. The highest BCUT2D eigenvalue weighted by Crippen LogP contribution is 2.50. The molecule has 172 valence electrons. The van der Waals surface area contributed by atoms with E-state index in [1.807, 2.05) is 60.7 Å². The third-order valence-electron chi connectivity index (χ3n) is 6.64. The van der Waals surface area contributed by atoms with E-state index in [1.165, 1.54) is 0 Å². The predicted molar refractivity (Wildman–Crippen MR) is 128 cm³/mol. The third-order valence-corrected chi connectivity index (χ3v) is 6.64. The van der Waals surface area contributed by atoms with Crippen molar-refractivity contribution in [3.05, 3.63) is 88.6 Å². The Kier molecular flexibility index (Phi) is 5.13. The van der Waals surface area contributed by atoms with Gasteiger partial charge in [-0.25, -0.2) is 0 Å². The van der Waals surface area contributed by atoms with Crippen molar-refractivity contribution in [2.24, 2.45) is 0 Å². The maximum absolute atomic E-state index is 13.1. The highest BCUT2D eigenvalue weighted by molar-refractivity contribution is 6.01. The Morgan fingerprint density at radius 2 is 1.79 bits per heavy atom. The molecule has 34 heavy (non-hydrogen) atoms. The molecule has 1 atom stereocenters. The molecule has 2 aliphatic heterocycles. The van der Waals surface area contributed by atoms with Gasteiger partial charge in [0.1, 0.15) is 6.61 Å². The molecular weight excluding hydrogens is 430 g/mol. The van der Waals surface area contributed by atoms with Crippen molar-refractivity contribution in [3.63, 3.8) is 0 Å². The Hall–Kier alpha value is -3.93. The fraction of sp³-hybridized carbons (Fsp3) is 0.250. The predicted octanol–water partition coefficient (Wildman–Crippen LogP) is 5.57. The van der Waals surface area contributed by atoms with Crippen LogP contribution in [-0.2, 0) is 11.4 Å². The monoisotopic (exact) mass is 455 g/mol. The van der Waals surface area contributed by atoms with Crippen LogP contribution in [0.2, 0.25) is 0 Å². The van der Waals surface area contributed by atoms with Crippen molar-refractivity contribution in [2.75, 3.05) is 19.2 Å². The number of nitrogens with one attached hydrogen (secondary N) is 1. The van der Waals surface area contributed by atoms with Crippen LogP contribution in [0.5, 0.6) is 23.0 Å². The van der Waals surface area contributed by atoms with Crippen molar-refractivity contribution >= 4 is 11.5 Å². The van der Waals surface area contributed by atoms with E-state index < -0.39 is 0 Å². The number of hydrogen-bond donors (Lipinski definition) is 1. The van der Waals surface area contributed by atoms with Crippen LogP contribution in [-0.4, -0.2) is 19.7 Å². The summed E-state index contributed by atoms with van der Waals surface area (Å²) in [4.78, 5) is 13.1. The van der Waals surface area contributed by atoms with Gasteiger partial charge in [-0.15, -0.1) is 0 Å². The summed E-state index contributed by atoms with van der Waals surface area (Å²) in [5.41, 5.74) is 5.84. The van der Waals surface area contributed by atoms with Gasteiger partial charge in [0.25, 0.3) is 0 Å². The first-order chi connectivity index (χ1) is 16.7. The molecule has 0 unspecified atom stereocenters. The van der Waals surface area contributed by atoms with Gasteiger partial charge in [0.05, 0.1) is 7.11 Å². The van der Waals surface area contributed by atoms with Gasteiger partial charge in [-0.3, -0.25) is 4.79 Å². The summed E-state index contributed by atoms with van der Waals surface area (Å²) in [5.74, 6) is 2.70. The summed E-state index contributed by atoms with van der Waals surface area (Å²) < 4.78 is 23.0. The minimum atomic E-state index is -0.217. The highest BCUT2D eigenvalue weighted by Gasteiger charge is 2.37. The number of anilines is 1. The summed E-state index contributed by atoms with van der Waals surface area (Å²) in [5, 5.41) is 3.50. The first-order valence-corrected chi connectivity index (χ1v) is 11.5. The van der Waals surface area contributed by atoms with Gasteiger partial charge >= 0.3 is 0 Å². The van der Waals surface area contributed by atoms with Crippen LogP contribution in [0, 0.1) is 0 Å². The van der Waals surface area contributed by atoms with Crippen LogP contribution in [0.4, 0.5) is 5.69 Å². The number of methoxy groups -OCH3 is 1. The topological polar surface area (TPSA) is 66.0 Å². The summed E-state index contributed by atoms with van der Waals surface area (Å²) >= 11 is 0. The van der Waals surface area contributed by atoms with Gasteiger partial charge in [0, 0.05) is 35.4 Å². The van der Waals surface area contributed by atoms with Gasteiger partial charge in [0.15, 0.2) is 28.8 Å². The van der Waals surface area contributed by atoms with Crippen LogP contribution < -0.4 is 24.3 Å². The average Bonchev–Trinajstić information content (AvgIpc) is 3.33. The summed E-state index contributed by atoms with van der Waals surface area (Å²) in [6.45, 7) is 0.653. The second-order valence-corrected chi connectivity index (χ2v) is 8.70. The number of carbonyl (C=O) groups is 1. The lowest BCUT2D eigenvalue weighted by molar-refractivity contribution is -0.116. The maximum Gasteiger partial charge on any atom is 0.231 e. The molecule has 0 fully saturated rings. The van der Waals surface area contributed by atoms with Crippen molar-refractivity contribution < 1.29 is 23.7 Å². The first-order valence-electron chi connectivity index (χ1n) is 11.5. The fourth-order valence-corrected chi connectivity index (χ4v) is 5.02. The number of ether oxygens (including phenoxy) is 4. The minimum absolute atomic E-state index is 0.186. The SMILES string of the molecule is COc1cc([C@H]2C3=C(CCCC3=O)Nc3cc4c(cc32)OCO4)ccc1OCc1ccccc1. The molecule has 1 aliphatic carbocycles. The molecule has 0 bridgehead atoms. The molecule has 0 spiro atoms. The van der Waals surface area contributed by atoms with Crippen LogP contribution in [0.15, 0.2) is 71.9 Å². The van der Waals surface area contributed by atoms with E-state index in [0.29, 0.717) is 30.3 Å². The van der Waals surface area contributed by atoms with Gasteiger partial charge < -0.3 is 24.3 Å². The van der Waals surface area contributed by atoms with E-state index in [-0.39, 0.29) is 18.5 Å². The van der Waals surface area contributed by atoms with Crippen molar-refractivity contribution in [3.8, 4) is 23.0 Å². The van der Waals surface area contributed by atoms with E-state index in [9.17, 15) is 4.79 Å². The Balaban J connectivity index is 1.41. The van der Waals surface area contributed by atoms with Crippen LogP contribution in [0.3, 0.4) is 0 Å². The van der Waals surface area contributed by atoms with Crippen molar-refractivity contribution in [2.45, 2.75) is 31.8 Å². The number of hydrogen-bond acceptors (Lipinski definition) is 6. The molecule has 0 aromatic heterocycles. The molecule has 0 amide bonds. The molecule has 6 heteroatoms. The standard InChI is InChI=1S/C28H25NO5/c1-31-24-12-18(10-11-23(24)32-15-17-6-3-2-4-7-17)27-19-13-25-26(34-16-33-25)14-21(19)29-20-8-5-9-22(30)28(20)27/h2-4,6-7,10-14,27,29H,5,8-9,15-16H2,1H3/t27-/m1/s1. The van der Waals surface area contributed by atoms with E-state index >= 15 is 0 Å². The van der Waals surface area contributed by atoms with Crippen LogP contribution >= 0.6 is 0 Å². The molecule has 0 saturated heterocycles. The first kappa shape index (κ1) is 20.7. The number of fused-ring (bicyclic) bond motifs is 2. The fourth-order valence-electron chi connectivity index (χ4n) is 5.02. The molecule has 2 heterocycles. The molecule has 3 aromatic rings. The largest absolute Gasteiger partial charge is 0.493 e. The van der Waals surface area contributed by atoms with Gasteiger partial charge in [-0.05, 0) is 47.7 Å². The number of carbonyl (C=O) groups excluding carboxylic acids is 1. The normalized spacial score (nSPS) is 18.1. The Morgan fingerprint density at radius 3 is 2.62 bits per heavy atom. The van der Waals surface area contributed by atoms with Gasteiger partial charge in [-0.1, -0.05) is 36.4 Å². The minimum Gasteiger partial charge on any atom is -0.493 e. The second-order valence-electron chi connectivity index (χ2n) is 8.70. The number of allylic oxidation sites excluding steroid dienone is 2. The van der Waals surface area contributed by atoms with Crippen molar-refractivity contribution in [1.29, 1.82) is 0 Å². The summed E-state index contributed by atoms with van der Waals surface area (Å²) in [6.07, 6.45) is 2.26. The molecule has 0 saturated carbocycles. The second kappa shape index (κ2) is 8.45. The molecule has 3 aliphatic rings. The molecule has 3 aromatic carbocycles. The Bertz CT molecular complexity index is 1300. The molecule has 6 nitrogen and oxygen atoms in total. The lowest BCUT2D eigenvalue weighted by Crippen LogP contribution is -2.26. The van der Waals surface area contributed by atoms with Crippen molar-refractivity contribution in [1.82, 2.24) is 0 Å². The summed E-state index contributed by atoms with van der Waals surface area (Å²) in [7, 11) is 1.64. The van der Waals surface area contributed by atoms with Crippen LogP contribution in [0.1, 0.15) is 41.9 Å². The number of benzene rings is 3. The van der Waals surface area contributed by atoms with E-state index in [1.54, 1.807) is 7.11 Å². The van der Waals surface area contributed by atoms with Crippen LogP contribution in [0.25, 0.3) is 0 Å². The number of rotatable bonds is 5. The van der Waals surface area contributed by atoms with Gasteiger partial charge in [0.2, 0.25) is 6.79 Å². The number of Topliss-reactive ketones (excluding diaryl/α,β-unsaturated/α-hetero) is 1. The third kappa shape index (κ3) is 3.55. The van der Waals surface area contributed by atoms with E-state index in [0.717, 1.165) is 52.2 Å². The molecule has 6 rings (SSSR count). The molecular formula is C28H25NO5. The zero-order valence-corrected chi connectivity index (χ0v) is 18.9. The van der Waals surface area contributed by atoms with E-state index in [2.05, 4.69) is 5.32 Å².